The highest BCUT2D eigenvalue weighted by Gasteiger charge is 2.71. The SMILES string of the molecule is CN(C)[C@H]1C(Br)C(C(N)=O)C(=O)[C@]2(O)C(=O)C3=C(O)c4c(O)cccc4C[C@@H]3[C@@H](OC(=O)C3CCCCCC3)[C@H]12. The number of carbonyl (C=O) groups excluding carboxylic acids is 4. The largest absolute Gasteiger partial charge is 0.507 e. The number of nitrogens with two attached hydrogens (primary N) is 1. The third-order valence-electron chi connectivity index (χ3n) is 9.27. The number of benzene rings is 1. The monoisotopic (exact) mass is 618 g/mol. The zero-order valence-corrected chi connectivity index (χ0v) is 24.1. The minimum Gasteiger partial charge on any atom is -0.507 e. The van der Waals surface area contributed by atoms with Crippen LogP contribution in [0.25, 0.3) is 5.76 Å². The van der Waals surface area contributed by atoms with Gasteiger partial charge in [-0.15, -0.1) is 0 Å². The van der Waals surface area contributed by atoms with E-state index in [1.165, 1.54) is 6.07 Å². The topological polar surface area (TPSA) is 167 Å². The van der Waals surface area contributed by atoms with Gasteiger partial charge in [-0.25, -0.2) is 0 Å². The van der Waals surface area contributed by atoms with Crippen molar-refractivity contribution in [3.63, 3.8) is 0 Å². The van der Waals surface area contributed by atoms with Crippen molar-refractivity contribution in [2.45, 2.75) is 67.5 Å². The van der Waals surface area contributed by atoms with Crippen molar-refractivity contribution >= 4 is 45.1 Å². The van der Waals surface area contributed by atoms with Gasteiger partial charge >= 0.3 is 5.97 Å². The van der Waals surface area contributed by atoms with Crippen LogP contribution >= 0.6 is 15.9 Å². The predicted molar refractivity (Wildman–Crippen MR) is 147 cm³/mol. The van der Waals surface area contributed by atoms with Crippen LogP contribution in [-0.2, 0) is 30.3 Å². The van der Waals surface area contributed by atoms with Crippen LogP contribution in [0.4, 0.5) is 0 Å². The molecule has 4 aliphatic carbocycles. The van der Waals surface area contributed by atoms with Gasteiger partial charge in [-0.2, -0.15) is 0 Å². The molecule has 7 atom stereocenters. The lowest BCUT2D eigenvalue weighted by Gasteiger charge is -2.56. The van der Waals surface area contributed by atoms with Crippen molar-refractivity contribution in [2.24, 2.45) is 29.4 Å². The number of amides is 1. The average Bonchev–Trinajstić information content (AvgIpc) is 3.17. The highest BCUT2D eigenvalue weighted by atomic mass is 79.9. The molecule has 0 heterocycles. The first kappa shape index (κ1) is 28.8. The van der Waals surface area contributed by atoms with Gasteiger partial charge in [-0.05, 0) is 45.0 Å². The van der Waals surface area contributed by atoms with Gasteiger partial charge in [0, 0.05) is 22.4 Å². The number of phenolic OH excluding ortho intramolecular Hbond substituents is 1. The molecule has 10 nitrogen and oxygen atoms in total. The maximum Gasteiger partial charge on any atom is 0.309 e. The lowest BCUT2D eigenvalue weighted by molar-refractivity contribution is -0.196. The number of ether oxygens (including phenoxy) is 1. The van der Waals surface area contributed by atoms with Gasteiger partial charge in [0.2, 0.25) is 11.7 Å². The van der Waals surface area contributed by atoms with E-state index in [-0.39, 0.29) is 29.2 Å². The number of halogens is 1. The van der Waals surface area contributed by atoms with Gasteiger partial charge in [0.15, 0.2) is 11.4 Å². The Morgan fingerprint density at radius 1 is 1.10 bits per heavy atom. The van der Waals surface area contributed by atoms with Crippen molar-refractivity contribution in [1.82, 2.24) is 4.90 Å². The smallest absolute Gasteiger partial charge is 0.309 e. The summed E-state index contributed by atoms with van der Waals surface area (Å²) >= 11 is 3.46. The Bertz CT molecular complexity index is 1290. The number of hydrogen-bond acceptors (Lipinski definition) is 9. The summed E-state index contributed by atoms with van der Waals surface area (Å²) in [5.74, 6) is -8.61. The Morgan fingerprint density at radius 3 is 2.35 bits per heavy atom. The van der Waals surface area contributed by atoms with Gasteiger partial charge in [0.05, 0.1) is 17.4 Å². The van der Waals surface area contributed by atoms with Crippen molar-refractivity contribution in [3.05, 3.63) is 34.9 Å². The summed E-state index contributed by atoms with van der Waals surface area (Å²) in [6.45, 7) is 0. The summed E-state index contributed by atoms with van der Waals surface area (Å²) in [6, 6.07) is 3.84. The zero-order chi connectivity index (χ0) is 29.1. The fourth-order valence-corrected chi connectivity index (χ4v) is 8.67. The van der Waals surface area contributed by atoms with E-state index in [1.54, 1.807) is 31.1 Å². The normalized spacial score (nSPS) is 34.5. The van der Waals surface area contributed by atoms with Gasteiger partial charge < -0.3 is 30.7 Å². The molecule has 0 saturated heterocycles. The molecule has 0 bridgehead atoms. The number of aliphatic hydroxyl groups excluding tert-OH is 1. The van der Waals surface area contributed by atoms with Crippen LogP contribution in [0.2, 0.25) is 0 Å². The number of fused-ring (bicyclic) bond motifs is 3. The maximum atomic E-state index is 14.2. The Hall–Kier alpha value is -2.76. The molecule has 3 saturated carbocycles. The molecule has 5 rings (SSSR count). The van der Waals surface area contributed by atoms with Gasteiger partial charge in [-0.3, -0.25) is 19.2 Å². The summed E-state index contributed by atoms with van der Waals surface area (Å²) < 4.78 is 6.23. The summed E-state index contributed by atoms with van der Waals surface area (Å²) in [5.41, 5.74) is 3.05. The number of primary amides is 1. The molecule has 1 amide bonds. The summed E-state index contributed by atoms with van der Waals surface area (Å²) in [5, 5.41) is 34.0. The van der Waals surface area contributed by atoms with Gasteiger partial charge in [0.1, 0.15) is 23.5 Å². The third kappa shape index (κ3) is 4.28. The maximum absolute atomic E-state index is 14.2. The van der Waals surface area contributed by atoms with Crippen LogP contribution in [0.15, 0.2) is 23.8 Å². The van der Waals surface area contributed by atoms with Gasteiger partial charge in [-0.1, -0.05) is 53.7 Å². The quantitative estimate of drug-likeness (QED) is 0.171. The molecule has 1 aromatic carbocycles. The second-order valence-electron chi connectivity index (χ2n) is 11.7. The lowest BCUT2D eigenvalue weighted by Crippen LogP contribution is -2.76. The molecule has 4 aliphatic rings. The predicted octanol–water partition coefficient (Wildman–Crippen LogP) is 2.02. The first-order valence-corrected chi connectivity index (χ1v) is 14.7. The molecule has 11 heteroatoms. The number of esters is 1. The highest BCUT2D eigenvalue weighted by molar-refractivity contribution is 9.09. The van der Waals surface area contributed by atoms with Gasteiger partial charge in [0.25, 0.3) is 0 Å². The van der Waals surface area contributed by atoms with E-state index < -0.39 is 69.5 Å². The second kappa shape index (κ2) is 10.6. The number of nitrogens with zero attached hydrogens (tertiary/aromatic N) is 1. The van der Waals surface area contributed by atoms with Crippen LogP contribution in [0.5, 0.6) is 5.75 Å². The summed E-state index contributed by atoms with van der Waals surface area (Å²) in [6.07, 6.45) is 4.00. The van der Waals surface area contributed by atoms with Crippen LogP contribution in [0.3, 0.4) is 0 Å². The second-order valence-corrected chi connectivity index (χ2v) is 12.8. The minimum atomic E-state index is -2.81. The Morgan fingerprint density at radius 2 is 1.75 bits per heavy atom. The molecule has 0 aromatic heterocycles. The first-order chi connectivity index (χ1) is 18.9. The fraction of sp³-hybridized carbons (Fsp3) is 0.586. The number of aliphatic hydroxyl groups is 2. The third-order valence-corrected chi connectivity index (χ3v) is 10.3. The number of phenols is 1. The molecule has 0 aliphatic heterocycles. The molecule has 1 aromatic rings. The molecular formula is C29H35BrN2O8. The highest BCUT2D eigenvalue weighted by Crippen LogP contribution is 2.54. The van der Waals surface area contributed by atoms with E-state index in [0.717, 1.165) is 25.7 Å². The van der Waals surface area contributed by atoms with Crippen LogP contribution in [0.1, 0.15) is 49.7 Å². The van der Waals surface area contributed by atoms with Crippen molar-refractivity contribution in [2.75, 3.05) is 14.1 Å². The molecule has 0 radical (unpaired) electrons. The van der Waals surface area contributed by atoms with E-state index in [2.05, 4.69) is 15.9 Å². The van der Waals surface area contributed by atoms with Crippen LogP contribution in [-0.4, -0.2) is 80.3 Å². The van der Waals surface area contributed by atoms with E-state index in [9.17, 15) is 34.5 Å². The van der Waals surface area contributed by atoms with Crippen LogP contribution in [0, 0.1) is 23.7 Å². The van der Waals surface area contributed by atoms with Crippen molar-refractivity contribution in [1.29, 1.82) is 0 Å². The Balaban J connectivity index is 1.71. The number of ketones is 2. The number of rotatable bonds is 4. The summed E-state index contributed by atoms with van der Waals surface area (Å²) in [7, 11) is 3.36. The number of aromatic hydroxyl groups is 1. The molecule has 40 heavy (non-hydrogen) atoms. The molecule has 2 unspecified atom stereocenters. The first-order valence-electron chi connectivity index (χ1n) is 13.8. The lowest BCUT2D eigenvalue weighted by atomic mass is 9.53. The van der Waals surface area contributed by atoms with E-state index in [4.69, 9.17) is 10.5 Å². The van der Waals surface area contributed by atoms with Crippen LogP contribution < -0.4 is 5.73 Å². The van der Waals surface area contributed by atoms with Crippen molar-refractivity contribution in [3.8, 4) is 5.75 Å². The van der Waals surface area contributed by atoms with E-state index >= 15 is 0 Å². The summed E-state index contributed by atoms with van der Waals surface area (Å²) in [4.78, 5) is 55.0. The molecular weight excluding hydrogens is 584 g/mol. The minimum absolute atomic E-state index is 0.0234. The van der Waals surface area contributed by atoms with Crippen molar-refractivity contribution < 1.29 is 39.2 Å². The Kier molecular flexibility index (Phi) is 7.60. The Labute approximate surface area is 240 Å². The number of Topliss-reactive ketones (excluding diaryl/α,β-unsaturated/α-hetero) is 2. The average molecular weight is 620 g/mol. The zero-order valence-electron chi connectivity index (χ0n) is 22.5. The van der Waals surface area contributed by atoms with E-state index in [0.29, 0.717) is 18.4 Å². The van der Waals surface area contributed by atoms with E-state index in [1.807, 2.05) is 0 Å². The fourth-order valence-electron chi connectivity index (χ4n) is 7.37. The molecule has 5 N–H and O–H groups in total. The molecule has 216 valence electrons. The number of carbonyl (C=O) groups is 4. The molecule has 3 fully saturated rings. The molecule has 0 spiro atoms. The number of hydrogen-bond donors (Lipinski definition) is 4. The standard InChI is InChI=1S/C29H35BrN2O8/c1-32(2)22-20-24(40-28(38)13-8-5-3-4-6-9-13)15-12-14-10-7-11-16(33)17(14)23(34)18(15)25(35)29(20,39)26(36)19(21(22)30)27(31)37/h7,10-11,13,15,19-22,24,33-34,39H,3-6,8-9,12H2,1-2H3,(H2,31,37)/t15-,19?,20-,21?,22+,24+,29+/m0/s1. The number of alkyl halides is 1.